The second-order valence-corrected chi connectivity index (χ2v) is 8.52. The third-order valence-electron chi connectivity index (χ3n) is 4.29. The molecule has 3 N–H and O–H groups in total. The molecule has 1 heterocycles. The molecule has 1 aromatic carbocycles. The van der Waals surface area contributed by atoms with Gasteiger partial charge < -0.3 is 9.47 Å². The summed E-state index contributed by atoms with van der Waals surface area (Å²) in [5, 5.41) is 9.09. The molecular weight excluding hydrogens is 368 g/mol. The molecule has 1 saturated heterocycles. The maximum atomic E-state index is 12.7. The van der Waals surface area contributed by atoms with Gasteiger partial charge in [0.25, 0.3) is 5.91 Å². The fraction of sp³-hybridized carbons (Fsp3) is 0.533. The number of carbonyl (C=O) groups excluding carboxylic acids is 1. The number of hydroxylamine groups is 1. The topological polar surface area (TPSA) is 114 Å². The number of thioether (sulfide) groups is 1. The zero-order valence-electron chi connectivity index (χ0n) is 14.0. The van der Waals surface area contributed by atoms with Crippen LogP contribution in [0.3, 0.4) is 0 Å². The predicted octanol–water partition coefficient (Wildman–Crippen LogP) is 0.760. The first-order valence-corrected chi connectivity index (χ1v) is 10.3. The molecular formula is C15H22N2O6S2. The molecule has 1 amide bonds. The van der Waals surface area contributed by atoms with Gasteiger partial charge in [-0.3, -0.25) is 10.0 Å². The van der Waals surface area contributed by atoms with E-state index in [1.807, 2.05) is 6.26 Å². The normalized spacial score (nSPS) is 18.4. The first kappa shape index (κ1) is 20.0. The first-order valence-electron chi connectivity index (χ1n) is 7.62. The van der Waals surface area contributed by atoms with Gasteiger partial charge in [0.05, 0.1) is 12.0 Å². The summed E-state index contributed by atoms with van der Waals surface area (Å²) < 4.78 is 37.5. The van der Waals surface area contributed by atoms with Gasteiger partial charge in [0.15, 0.2) is 0 Å². The van der Waals surface area contributed by atoms with Crippen molar-refractivity contribution in [2.24, 2.45) is 0 Å². The number of carbonyl (C=O) groups is 1. The van der Waals surface area contributed by atoms with Gasteiger partial charge in [-0.25, -0.2) is 13.9 Å². The van der Waals surface area contributed by atoms with Crippen molar-refractivity contribution >= 4 is 27.7 Å². The summed E-state index contributed by atoms with van der Waals surface area (Å²) in [5.74, 6) is -0.276. The second-order valence-electron chi connectivity index (χ2n) is 5.59. The van der Waals surface area contributed by atoms with E-state index in [1.165, 1.54) is 43.1 Å². The van der Waals surface area contributed by atoms with Gasteiger partial charge in [-0.2, -0.15) is 16.5 Å². The van der Waals surface area contributed by atoms with Crippen molar-refractivity contribution in [1.29, 1.82) is 0 Å². The van der Waals surface area contributed by atoms with Crippen LogP contribution in [0, 0.1) is 0 Å². The molecule has 0 aromatic heterocycles. The van der Waals surface area contributed by atoms with E-state index in [0.29, 0.717) is 31.8 Å². The van der Waals surface area contributed by atoms with Crippen molar-refractivity contribution in [3.05, 3.63) is 24.3 Å². The summed E-state index contributed by atoms with van der Waals surface area (Å²) in [6.45, 7) is 0.834. The molecule has 25 heavy (non-hydrogen) atoms. The highest BCUT2D eigenvalue weighted by atomic mass is 32.2. The summed E-state index contributed by atoms with van der Waals surface area (Å²) in [6.07, 6.45) is 2.78. The average Bonchev–Trinajstić information content (AvgIpc) is 2.66. The molecule has 2 rings (SSSR count). The van der Waals surface area contributed by atoms with Crippen LogP contribution in [0.5, 0.6) is 5.75 Å². The Kier molecular flexibility index (Phi) is 6.69. The standard InChI is InChI=1S/C15H22N2O6S2/c1-22-11-3-5-12(6-4-11)25(20,21)17-13(14(18)16-19)15(24-2)7-9-23-10-8-15/h3-6,13,17,19H,7-10H2,1-2H3,(H,16,18). The number of sulfonamides is 1. The Morgan fingerprint density at radius 1 is 1.32 bits per heavy atom. The Labute approximate surface area is 151 Å². The van der Waals surface area contributed by atoms with Crippen molar-refractivity contribution < 1.29 is 27.9 Å². The van der Waals surface area contributed by atoms with Crippen LogP contribution in [0.25, 0.3) is 0 Å². The third-order valence-corrected chi connectivity index (χ3v) is 7.18. The molecule has 0 bridgehead atoms. The largest absolute Gasteiger partial charge is 0.497 e. The van der Waals surface area contributed by atoms with Gasteiger partial charge in [-0.05, 0) is 43.4 Å². The van der Waals surface area contributed by atoms with Crippen LogP contribution < -0.4 is 14.9 Å². The molecule has 1 fully saturated rings. The maximum absolute atomic E-state index is 12.7. The van der Waals surface area contributed by atoms with Crippen molar-refractivity contribution in [1.82, 2.24) is 10.2 Å². The lowest BCUT2D eigenvalue weighted by Crippen LogP contribution is -2.59. The number of amides is 1. The number of rotatable bonds is 7. The number of ether oxygens (including phenoxy) is 2. The van der Waals surface area contributed by atoms with E-state index in [9.17, 15) is 13.2 Å². The molecule has 1 aliphatic heterocycles. The minimum Gasteiger partial charge on any atom is -0.497 e. The van der Waals surface area contributed by atoms with Crippen LogP contribution in [0.15, 0.2) is 29.2 Å². The van der Waals surface area contributed by atoms with Gasteiger partial charge in [-0.15, -0.1) is 0 Å². The van der Waals surface area contributed by atoms with E-state index in [2.05, 4.69) is 4.72 Å². The van der Waals surface area contributed by atoms with Crippen LogP contribution in [0.1, 0.15) is 12.8 Å². The minimum atomic E-state index is -3.97. The Bertz CT molecular complexity index is 686. The molecule has 0 spiro atoms. The molecule has 1 atom stereocenters. The molecule has 8 nitrogen and oxygen atoms in total. The van der Waals surface area contributed by atoms with Crippen LogP contribution in [0.2, 0.25) is 0 Å². The maximum Gasteiger partial charge on any atom is 0.262 e. The molecule has 1 unspecified atom stereocenters. The third kappa shape index (κ3) is 4.45. The van der Waals surface area contributed by atoms with Crippen molar-refractivity contribution in [2.45, 2.75) is 28.5 Å². The summed E-state index contributed by atoms with van der Waals surface area (Å²) in [7, 11) is -2.49. The molecule has 0 aliphatic carbocycles. The van der Waals surface area contributed by atoms with E-state index in [4.69, 9.17) is 14.7 Å². The van der Waals surface area contributed by atoms with Crippen LogP contribution >= 0.6 is 11.8 Å². The molecule has 0 radical (unpaired) electrons. The summed E-state index contributed by atoms with van der Waals surface area (Å²) in [5.41, 5.74) is 1.57. The van der Waals surface area contributed by atoms with Gasteiger partial charge >= 0.3 is 0 Å². The van der Waals surface area contributed by atoms with Crippen LogP contribution in [-0.4, -0.2) is 56.9 Å². The lowest BCUT2D eigenvalue weighted by Gasteiger charge is -2.40. The highest BCUT2D eigenvalue weighted by Gasteiger charge is 2.46. The Hall–Kier alpha value is -1.33. The molecule has 10 heteroatoms. The fourth-order valence-corrected chi connectivity index (χ4v) is 5.09. The second kappa shape index (κ2) is 8.37. The molecule has 1 aromatic rings. The van der Waals surface area contributed by atoms with Gasteiger partial charge in [0, 0.05) is 18.0 Å². The Morgan fingerprint density at radius 2 is 1.92 bits per heavy atom. The zero-order valence-corrected chi connectivity index (χ0v) is 15.7. The van der Waals surface area contributed by atoms with E-state index >= 15 is 0 Å². The molecule has 140 valence electrons. The summed E-state index contributed by atoms with van der Waals surface area (Å²) in [4.78, 5) is 12.2. The quantitative estimate of drug-likeness (QED) is 0.465. The Balaban J connectivity index is 2.33. The number of benzene rings is 1. The monoisotopic (exact) mass is 390 g/mol. The van der Waals surface area contributed by atoms with Gasteiger partial charge in [0.1, 0.15) is 11.8 Å². The number of methoxy groups -OCH3 is 1. The smallest absolute Gasteiger partial charge is 0.262 e. The fourth-order valence-electron chi connectivity index (χ4n) is 2.77. The lowest BCUT2D eigenvalue weighted by molar-refractivity contribution is -0.132. The first-order chi connectivity index (χ1) is 11.9. The van der Waals surface area contributed by atoms with Crippen LogP contribution in [-0.2, 0) is 19.6 Å². The lowest BCUT2D eigenvalue weighted by atomic mass is 9.90. The van der Waals surface area contributed by atoms with E-state index in [1.54, 1.807) is 5.48 Å². The zero-order chi connectivity index (χ0) is 18.5. The average molecular weight is 390 g/mol. The molecule has 1 aliphatic rings. The summed E-state index contributed by atoms with van der Waals surface area (Å²) in [6, 6.07) is 4.70. The predicted molar refractivity (Wildman–Crippen MR) is 93.3 cm³/mol. The molecule has 0 saturated carbocycles. The van der Waals surface area contributed by atoms with Crippen LogP contribution in [0.4, 0.5) is 0 Å². The van der Waals surface area contributed by atoms with Crippen molar-refractivity contribution in [3.63, 3.8) is 0 Å². The van der Waals surface area contributed by atoms with E-state index in [-0.39, 0.29) is 4.90 Å². The SMILES string of the molecule is COc1ccc(S(=O)(=O)NC(C(=O)NO)C2(SC)CCOCC2)cc1. The highest BCUT2D eigenvalue weighted by Crippen LogP contribution is 2.38. The van der Waals surface area contributed by atoms with Crippen molar-refractivity contribution in [2.75, 3.05) is 26.6 Å². The number of hydrogen-bond acceptors (Lipinski definition) is 7. The van der Waals surface area contributed by atoms with Crippen molar-refractivity contribution in [3.8, 4) is 5.75 Å². The van der Waals surface area contributed by atoms with Gasteiger partial charge in [-0.1, -0.05) is 0 Å². The Morgan fingerprint density at radius 3 is 2.40 bits per heavy atom. The highest BCUT2D eigenvalue weighted by molar-refractivity contribution is 8.00. The van der Waals surface area contributed by atoms with E-state index in [0.717, 1.165) is 0 Å². The number of nitrogens with one attached hydrogen (secondary N) is 2. The van der Waals surface area contributed by atoms with Gasteiger partial charge in [0.2, 0.25) is 10.0 Å². The van der Waals surface area contributed by atoms with E-state index < -0.39 is 26.7 Å². The number of hydrogen-bond donors (Lipinski definition) is 3. The summed E-state index contributed by atoms with van der Waals surface area (Å²) >= 11 is 1.39. The minimum absolute atomic E-state index is 0.00681.